The molecule has 2 N–H and O–H groups in total. The van der Waals surface area contributed by atoms with Gasteiger partial charge < -0.3 is 14.0 Å². The summed E-state index contributed by atoms with van der Waals surface area (Å²) in [5, 5.41) is 4.03. The van der Waals surface area contributed by atoms with Crippen LogP contribution in [0.1, 0.15) is 11.1 Å². The average molecular weight is 270 g/mol. The van der Waals surface area contributed by atoms with Gasteiger partial charge in [-0.1, -0.05) is 24.3 Å². The van der Waals surface area contributed by atoms with E-state index in [0.29, 0.717) is 12.2 Å². The summed E-state index contributed by atoms with van der Waals surface area (Å²) in [6.45, 7) is 1.88. The van der Waals surface area contributed by atoms with E-state index in [1.807, 2.05) is 0 Å². The fourth-order valence-corrected chi connectivity index (χ4v) is 1.82. The lowest BCUT2D eigenvalue weighted by Crippen LogP contribution is -2.01. The molecular weight excluding hydrogens is 254 g/mol. The Morgan fingerprint density at radius 3 is 1.78 bits per heavy atom. The fraction of sp³-hybridized carbons (Fsp3) is 0.500. The number of benzene rings is 1. The summed E-state index contributed by atoms with van der Waals surface area (Å²) in [6, 6.07) is 8.63. The molecule has 3 unspecified atom stereocenters. The largest absolute Gasteiger partial charge is 0.760 e. The molecule has 0 amide bonds. The third-order valence-electron chi connectivity index (χ3n) is 2.82. The summed E-state index contributed by atoms with van der Waals surface area (Å²) in [5.74, 6) is 0. The van der Waals surface area contributed by atoms with Crippen molar-refractivity contribution in [1.82, 2.24) is 0 Å². The van der Waals surface area contributed by atoms with Crippen LogP contribution < -0.4 is 5.14 Å². The summed E-state index contributed by atoms with van der Waals surface area (Å²) in [4.78, 5) is 0. The van der Waals surface area contributed by atoms with Crippen molar-refractivity contribution in [3.8, 4) is 0 Å². The predicted octanol–water partition coefficient (Wildman–Crippen LogP) is 0.308. The van der Waals surface area contributed by atoms with E-state index in [1.165, 1.54) is 11.1 Å². The first-order valence-electron chi connectivity index (χ1n) is 5.79. The van der Waals surface area contributed by atoms with Crippen LogP contribution in [-0.4, -0.2) is 34.2 Å². The van der Waals surface area contributed by atoms with Crippen molar-refractivity contribution in [2.75, 3.05) is 13.2 Å². The van der Waals surface area contributed by atoms with Gasteiger partial charge in [-0.2, -0.15) is 0 Å². The number of hydrogen-bond acceptors (Lipinski definition) is 4. The van der Waals surface area contributed by atoms with E-state index in [9.17, 15) is 0 Å². The molecule has 18 heavy (non-hydrogen) atoms. The van der Waals surface area contributed by atoms with Gasteiger partial charge in [-0.05, 0) is 11.1 Å². The third kappa shape index (κ3) is 5.24. The summed E-state index contributed by atoms with van der Waals surface area (Å²) in [7, 11) is 0. The highest BCUT2D eigenvalue weighted by Gasteiger charge is 2.26. The second-order valence-corrected chi connectivity index (χ2v) is 4.87. The van der Waals surface area contributed by atoms with Crippen molar-refractivity contribution in [2.45, 2.75) is 25.0 Å². The zero-order valence-corrected chi connectivity index (χ0v) is 10.7. The van der Waals surface area contributed by atoms with Gasteiger partial charge in [0.2, 0.25) is 0 Å². The van der Waals surface area contributed by atoms with Crippen LogP contribution in [-0.2, 0) is 33.6 Å². The monoisotopic (exact) mass is 270 g/mol. The van der Waals surface area contributed by atoms with Gasteiger partial charge in [0.1, 0.15) is 0 Å². The number of nitrogens with two attached hydrogens (primary N) is 1. The number of hydrogen-bond donors (Lipinski definition) is 1. The van der Waals surface area contributed by atoms with E-state index in [0.717, 1.165) is 26.1 Å². The van der Waals surface area contributed by atoms with Crippen LogP contribution in [0.2, 0.25) is 0 Å². The highest BCUT2D eigenvalue weighted by Crippen LogP contribution is 2.23. The Kier molecular flexibility index (Phi) is 4.85. The molecule has 0 aliphatic carbocycles. The highest BCUT2D eigenvalue weighted by atomic mass is 32.2. The van der Waals surface area contributed by atoms with Gasteiger partial charge >= 0.3 is 0 Å². The summed E-state index contributed by atoms with van der Waals surface area (Å²) in [6.07, 6.45) is 3.11. The molecule has 100 valence electrons. The molecule has 6 heteroatoms. The second kappa shape index (κ2) is 6.40. The van der Waals surface area contributed by atoms with Crippen molar-refractivity contribution in [3.05, 3.63) is 35.4 Å². The molecule has 2 aliphatic heterocycles. The Morgan fingerprint density at radius 1 is 1.17 bits per heavy atom. The first kappa shape index (κ1) is 13.6. The molecule has 0 bridgehead atoms. The molecule has 1 aromatic carbocycles. The molecular formula is C12H16NO4S-. The Morgan fingerprint density at radius 2 is 1.50 bits per heavy atom. The smallest absolute Gasteiger partial charge is 0.0850 e. The Bertz CT molecular complexity index is 381. The number of rotatable bonds is 4. The summed E-state index contributed by atoms with van der Waals surface area (Å²) >= 11 is -2.36. The Hall–Kier alpha value is -0.790. The van der Waals surface area contributed by atoms with Crippen LogP contribution in [0, 0.1) is 0 Å². The first-order chi connectivity index (χ1) is 8.65. The van der Waals surface area contributed by atoms with Crippen molar-refractivity contribution >= 4 is 11.3 Å². The van der Waals surface area contributed by atoms with E-state index in [2.05, 4.69) is 29.4 Å². The average Bonchev–Trinajstić information content (AvgIpc) is 3.14. The van der Waals surface area contributed by atoms with E-state index >= 15 is 0 Å². The van der Waals surface area contributed by atoms with Gasteiger partial charge in [0, 0.05) is 24.1 Å². The minimum Gasteiger partial charge on any atom is -0.760 e. The maximum Gasteiger partial charge on any atom is 0.0850 e. The van der Waals surface area contributed by atoms with E-state index in [4.69, 9.17) is 18.2 Å². The van der Waals surface area contributed by atoms with Gasteiger partial charge in [0.25, 0.3) is 0 Å². The quantitative estimate of drug-likeness (QED) is 0.629. The zero-order valence-electron chi connectivity index (χ0n) is 9.91. The van der Waals surface area contributed by atoms with E-state index in [-0.39, 0.29) is 0 Å². The highest BCUT2D eigenvalue weighted by molar-refractivity contribution is 7.76. The minimum atomic E-state index is -2.36. The predicted molar refractivity (Wildman–Crippen MR) is 66.4 cm³/mol. The molecule has 0 spiro atoms. The molecule has 2 aliphatic rings. The lowest BCUT2D eigenvalue weighted by atomic mass is 9.99. The lowest BCUT2D eigenvalue weighted by Gasteiger charge is -2.06. The Labute approximate surface area is 109 Å². The number of epoxide rings is 2. The van der Waals surface area contributed by atoms with Crippen LogP contribution in [0.4, 0.5) is 0 Å². The zero-order chi connectivity index (χ0) is 13.0. The summed E-state index contributed by atoms with van der Waals surface area (Å²) < 4.78 is 28.1. The van der Waals surface area contributed by atoms with Gasteiger partial charge in [0.15, 0.2) is 0 Å². The molecule has 0 aromatic heterocycles. The molecule has 0 radical (unpaired) electrons. The molecule has 5 nitrogen and oxygen atoms in total. The van der Waals surface area contributed by atoms with Gasteiger partial charge in [-0.15, -0.1) is 0 Å². The summed E-state index contributed by atoms with van der Waals surface area (Å²) in [5.41, 5.74) is 2.87. The molecule has 3 atom stereocenters. The fourth-order valence-electron chi connectivity index (χ4n) is 1.82. The van der Waals surface area contributed by atoms with Crippen LogP contribution in [0.15, 0.2) is 24.3 Å². The maximum absolute atomic E-state index is 8.78. The normalized spacial score (nSPS) is 25.9. The van der Waals surface area contributed by atoms with Gasteiger partial charge in [-0.25, -0.2) is 0 Å². The third-order valence-corrected chi connectivity index (χ3v) is 2.82. The van der Waals surface area contributed by atoms with Crippen LogP contribution in [0.5, 0.6) is 0 Å². The van der Waals surface area contributed by atoms with E-state index < -0.39 is 11.3 Å². The molecule has 2 heterocycles. The molecule has 3 rings (SSSR count). The topological polar surface area (TPSA) is 91.2 Å². The molecule has 2 fully saturated rings. The second-order valence-electron chi connectivity index (χ2n) is 4.35. The van der Waals surface area contributed by atoms with Gasteiger partial charge in [0.05, 0.1) is 25.4 Å². The van der Waals surface area contributed by atoms with Crippen molar-refractivity contribution < 1.29 is 18.2 Å². The van der Waals surface area contributed by atoms with Crippen LogP contribution in [0.3, 0.4) is 0 Å². The minimum absolute atomic E-state index is 0.483. The molecule has 2 saturated heterocycles. The van der Waals surface area contributed by atoms with E-state index in [1.54, 1.807) is 0 Å². The van der Waals surface area contributed by atoms with Crippen molar-refractivity contribution in [2.24, 2.45) is 5.14 Å². The van der Waals surface area contributed by atoms with Crippen LogP contribution in [0.25, 0.3) is 0 Å². The molecule has 1 aromatic rings. The van der Waals surface area contributed by atoms with Crippen LogP contribution >= 0.6 is 0 Å². The SMILES string of the molecule is NS(=O)[O-].c1ccc(CC2CO2)c(CC2CO2)c1. The van der Waals surface area contributed by atoms with Crippen molar-refractivity contribution in [1.29, 1.82) is 0 Å². The van der Waals surface area contributed by atoms with Gasteiger partial charge in [-0.3, -0.25) is 9.35 Å². The van der Waals surface area contributed by atoms with Crippen molar-refractivity contribution in [3.63, 3.8) is 0 Å². The maximum atomic E-state index is 8.78. The lowest BCUT2D eigenvalue weighted by molar-refractivity contribution is 0.401. The molecule has 0 saturated carbocycles. The number of ether oxygens (including phenoxy) is 2. The standard InChI is InChI=1S/C12H14O2.H3NO2S/c1-2-4-10(6-12-8-14-12)9(3-1)5-11-7-13-11;1-4(2)3/h1-4,11-12H,5-8H2;1H2,(H,2,3)/p-1. The Balaban J connectivity index is 0.000000267. The first-order valence-corrected chi connectivity index (χ1v) is 6.92.